The molecule has 18 heavy (non-hydrogen) atoms. The highest BCUT2D eigenvalue weighted by molar-refractivity contribution is 5.78. The molecule has 1 spiro atoms. The van der Waals surface area contributed by atoms with E-state index in [-0.39, 0.29) is 17.7 Å². The maximum Gasteiger partial charge on any atom is 0.189 e. The van der Waals surface area contributed by atoms with Gasteiger partial charge in [0.05, 0.1) is 12.1 Å². The molecular weight excluding hydrogens is 230 g/mol. The maximum absolute atomic E-state index is 5.94. The highest BCUT2D eigenvalue weighted by Gasteiger charge is 2.59. The van der Waals surface area contributed by atoms with Crippen LogP contribution in [0.5, 0.6) is 0 Å². The summed E-state index contributed by atoms with van der Waals surface area (Å²) >= 11 is 0. The van der Waals surface area contributed by atoms with Crippen molar-refractivity contribution in [1.82, 2.24) is 5.32 Å². The molecule has 2 rings (SSSR count). The van der Waals surface area contributed by atoms with Crippen molar-refractivity contribution in [2.24, 2.45) is 10.7 Å². The minimum absolute atomic E-state index is 0.141. The third-order valence-corrected chi connectivity index (χ3v) is 3.73. The van der Waals surface area contributed by atoms with Crippen LogP contribution in [0.25, 0.3) is 0 Å². The Hall–Kier alpha value is -0.810. The molecule has 1 heterocycles. The van der Waals surface area contributed by atoms with E-state index in [1.165, 1.54) is 0 Å². The predicted molar refractivity (Wildman–Crippen MR) is 71.6 cm³/mol. The van der Waals surface area contributed by atoms with Crippen LogP contribution in [-0.2, 0) is 9.47 Å². The van der Waals surface area contributed by atoms with Gasteiger partial charge in [0.2, 0.25) is 0 Å². The fourth-order valence-electron chi connectivity index (χ4n) is 2.93. The molecule has 0 aromatic heterocycles. The Morgan fingerprint density at radius 1 is 1.61 bits per heavy atom. The van der Waals surface area contributed by atoms with Crippen molar-refractivity contribution in [3.63, 3.8) is 0 Å². The summed E-state index contributed by atoms with van der Waals surface area (Å²) in [4.78, 5) is 4.57. The highest BCUT2D eigenvalue weighted by atomic mass is 16.6. The summed E-state index contributed by atoms with van der Waals surface area (Å²) in [5.41, 5.74) is 5.69. The molecule has 5 heteroatoms. The number of nitrogens with one attached hydrogen (secondary N) is 1. The third kappa shape index (κ3) is 2.47. The van der Waals surface area contributed by atoms with Gasteiger partial charge in [0.15, 0.2) is 5.96 Å². The van der Waals surface area contributed by atoms with Crippen molar-refractivity contribution >= 4 is 5.96 Å². The van der Waals surface area contributed by atoms with Gasteiger partial charge in [-0.25, -0.2) is 4.99 Å². The van der Waals surface area contributed by atoms with Crippen molar-refractivity contribution in [3.05, 3.63) is 0 Å². The summed E-state index contributed by atoms with van der Waals surface area (Å²) in [7, 11) is 0. The smallest absolute Gasteiger partial charge is 0.189 e. The second-order valence-corrected chi connectivity index (χ2v) is 5.42. The molecule has 0 aromatic rings. The van der Waals surface area contributed by atoms with Crippen LogP contribution >= 0.6 is 0 Å². The molecule has 1 aliphatic heterocycles. The van der Waals surface area contributed by atoms with Gasteiger partial charge in [0, 0.05) is 25.7 Å². The minimum Gasteiger partial charge on any atom is -0.375 e. The second-order valence-electron chi connectivity index (χ2n) is 5.42. The molecular formula is C13H25N3O2. The van der Waals surface area contributed by atoms with Gasteiger partial charge in [-0.15, -0.1) is 0 Å². The standard InChI is InChI=1S/C13H25N3O2/c1-4-17-11-8-10(13(11)6-5-7-18-13)16-12(14)15-9(2)3/h9-11H,4-8H2,1-3H3,(H3,14,15,16). The largest absolute Gasteiger partial charge is 0.375 e. The first-order chi connectivity index (χ1) is 8.58. The van der Waals surface area contributed by atoms with Crippen molar-refractivity contribution in [1.29, 1.82) is 0 Å². The molecule has 2 fully saturated rings. The lowest BCUT2D eigenvalue weighted by molar-refractivity contribution is -0.188. The normalized spacial score (nSPS) is 36.1. The highest BCUT2D eigenvalue weighted by Crippen LogP contribution is 2.47. The van der Waals surface area contributed by atoms with Crippen LogP contribution < -0.4 is 11.1 Å². The molecule has 2 aliphatic rings. The van der Waals surface area contributed by atoms with Crippen molar-refractivity contribution in [3.8, 4) is 0 Å². The first-order valence-electron chi connectivity index (χ1n) is 6.94. The predicted octanol–water partition coefficient (Wildman–Crippen LogP) is 1.03. The van der Waals surface area contributed by atoms with Crippen LogP contribution in [0, 0.1) is 0 Å². The topological polar surface area (TPSA) is 68.9 Å². The number of rotatable bonds is 4. The van der Waals surface area contributed by atoms with Gasteiger partial charge in [0.25, 0.3) is 0 Å². The Morgan fingerprint density at radius 2 is 2.39 bits per heavy atom. The number of hydrogen-bond acceptors (Lipinski definition) is 3. The molecule has 0 aromatic carbocycles. The molecule has 3 atom stereocenters. The monoisotopic (exact) mass is 255 g/mol. The van der Waals surface area contributed by atoms with Gasteiger partial charge >= 0.3 is 0 Å². The Labute approximate surface area is 109 Å². The molecule has 1 saturated carbocycles. The first-order valence-corrected chi connectivity index (χ1v) is 6.94. The Bertz CT molecular complexity index is 311. The summed E-state index contributed by atoms with van der Waals surface area (Å²) in [6.45, 7) is 7.66. The van der Waals surface area contributed by atoms with E-state index in [1.807, 2.05) is 20.8 Å². The van der Waals surface area contributed by atoms with E-state index in [9.17, 15) is 0 Å². The van der Waals surface area contributed by atoms with E-state index in [2.05, 4.69) is 10.3 Å². The van der Waals surface area contributed by atoms with Gasteiger partial charge in [-0.2, -0.15) is 0 Å². The van der Waals surface area contributed by atoms with Crippen LogP contribution in [0.4, 0.5) is 0 Å². The number of hydrogen-bond donors (Lipinski definition) is 2. The van der Waals surface area contributed by atoms with Crippen LogP contribution in [0.2, 0.25) is 0 Å². The Morgan fingerprint density at radius 3 is 2.94 bits per heavy atom. The molecule has 3 unspecified atom stereocenters. The molecule has 0 radical (unpaired) electrons. The zero-order chi connectivity index (χ0) is 13.2. The lowest BCUT2D eigenvalue weighted by Gasteiger charge is -2.50. The summed E-state index contributed by atoms with van der Waals surface area (Å²) in [6.07, 6.45) is 3.22. The average molecular weight is 255 g/mol. The SMILES string of the molecule is CCOC1CC(N=C(N)NC(C)C)C12CCCO2. The van der Waals surface area contributed by atoms with Crippen molar-refractivity contribution in [2.45, 2.75) is 63.8 Å². The number of aliphatic imine (C=N–C) groups is 1. The lowest BCUT2D eigenvalue weighted by Crippen LogP contribution is -2.63. The second kappa shape index (κ2) is 5.45. The van der Waals surface area contributed by atoms with E-state index in [0.717, 1.165) is 32.5 Å². The zero-order valence-corrected chi connectivity index (χ0v) is 11.6. The fraction of sp³-hybridized carbons (Fsp3) is 0.923. The summed E-state index contributed by atoms with van der Waals surface area (Å²) in [5, 5.41) is 3.13. The maximum atomic E-state index is 5.94. The van der Waals surface area contributed by atoms with Gasteiger partial charge in [-0.05, 0) is 33.6 Å². The minimum atomic E-state index is -0.209. The first kappa shape index (κ1) is 13.6. The molecule has 3 N–H and O–H groups in total. The third-order valence-electron chi connectivity index (χ3n) is 3.73. The number of guanidine groups is 1. The van der Waals surface area contributed by atoms with Crippen molar-refractivity contribution in [2.75, 3.05) is 13.2 Å². The fourth-order valence-corrected chi connectivity index (χ4v) is 2.93. The van der Waals surface area contributed by atoms with Crippen molar-refractivity contribution < 1.29 is 9.47 Å². The van der Waals surface area contributed by atoms with Crippen LogP contribution in [-0.4, -0.2) is 43.0 Å². The zero-order valence-electron chi connectivity index (χ0n) is 11.6. The van der Waals surface area contributed by atoms with E-state index in [4.69, 9.17) is 15.2 Å². The van der Waals surface area contributed by atoms with Crippen LogP contribution in [0.3, 0.4) is 0 Å². The van der Waals surface area contributed by atoms with Gasteiger partial charge in [0.1, 0.15) is 5.60 Å². The molecule has 5 nitrogen and oxygen atoms in total. The number of ether oxygens (including phenoxy) is 2. The van der Waals surface area contributed by atoms with Crippen LogP contribution in [0.15, 0.2) is 4.99 Å². The Balaban J connectivity index is 2.01. The number of nitrogens with zero attached hydrogens (tertiary/aromatic N) is 1. The van der Waals surface area contributed by atoms with E-state index >= 15 is 0 Å². The molecule has 1 aliphatic carbocycles. The summed E-state index contributed by atoms with van der Waals surface area (Å²) < 4.78 is 11.7. The van der Waals surface area contributed by atoms with E-state index < -0.39 is 0 Å². The van der Waals surface area contributed by atoms with Gasteiger partial charge < -0.3 is 20.5 Å². The quantitative estimate of drug-likeness (QED) is 0.581. The van der Waals surface area contributed by atoms with E-state index in [0.29, 0.717) is 12.0 Å². The van der Waals surface area contributed by atoms with Gasteiger partial charge in [-0.1, -0.05) is 0 Å². The average Bonchev–Trinajstić information content (AvgIpc) is 2.78. The summed E-state index contributed by atoms with van der Waals surface area (Å²) in [5.74, 6) is 0.514. The molecule has 0 amide bonds. The van der Waals surface area contributed by atoms with Crippen LogP contribution in [0.1, 0.15) is 40.0 Å². The number of nitrogens with two attached hydrogens (primary N) is 1. The lowest BCUT2D eigenvalue weighted by atomic mass is 9.70. The molecule has 1 saturated heterocycles. The summed E-state index contributed by atoms with van der Waals surface area (Å²) in [6, 6.07) is 0.444. The van der Waals surface area contributed by atoms with Gasteiger partial charge in [-0.3, -0.25) is 0 Å². The Kier molecular flexibility index (Phi) is 4.12. The molecule has 104 valence electrons. The van der Waals surface area contributed by atoms with E-state index in [1.54, 1.807) is 0 Å². The molecule has 0 bridgehead atoms.